The van der Waals surface area contributed by atoms with Gasteiger partial charge in [0.1, 0.15) is 11.2 Å². The molecule has 214 valence electrons. The first-order valence-corrected chi connectivity index (χ1v) is 16.4. The van der Waals surface area contributed by atoms with Crippen molar-refractivity contribution in [2.75, 3.05) is 0 Å². The number of nitrogens with zero attached hydrogens (tertiary/aromatic N) is 1. The number of hydrogen-bond acceptors (Lipinski definition) is 3. The van der Waals surface area contributed by atoms with E-state index in [1.54, 1.807) is 0 Å². The molecule has 0 bridgehead atoms. The fraction of sp³-hybridized carbons (Fsp3) is 0. The van der Waals surface area contributed by atoms with E-state index in [1.165, 1.54) is 42.2 Å². The van der Waals surface area contributed by atoms with E-state index in [4.69, 9.17) is 9.40 Å². The van der Waals surface area contributed by atoms with Gasteiger partial charge in [-0.2, -0.15) is 0 Å². The van der Waals surface area contributed by atoms with Gasteiger partial charge in [0, 0.05) is 58.2 Å². The minimum Gasteiger partial charge on any atom is -0.456 e. The largest absolute Gasteiger partial charge is 0.456 e. The molecule has 0 aliphatic heterocycles. The predicted molar refractivity (Wildman–Crippen MR) is 196 cm³/mol. The second-order valence-corrected chi connectivity index (χ2v) is 12.9. The van der Waals surface area contributed by atoms with Crippen LogP contribution in [0.4, 0.5) is 0 Å². The summed E-state index contributed by atoms with van der Waals surface area (Å²) in [5.74, 6) is 0. The quantitative estimate of drug-likeness (QED) is 0.188. The van der Waals surface area contributed by atoms with Crippen LogP contribution in [0, 0.1) is 0 Å². The molecule has 10 aromatic rings. The van der Waals surface area contributed by atoms with Gasteiger partial charge >= 0.3 is 0 Å². The highest BCUT2D eigenvalue weighted by Gasteiger charge is 2.22. The Bertz CT molecular complexity index is 2810. The number of aromatic nitrogens is 1. The lowest BCUT2D eigenvalue weighted by atomic mass is 9.89. The van der Waals surface area contributed by atoms with Gasteiger partial charge in [0.2, 0.25) is 0 Å². The van der Waals surface area contributed by atoms with Gasteiger partial charge in [0.25, 0.3) is 0 Å². The van der Waals surface area contributed by atoms with Crippen molar-refractivity contribution >= 4 is 75.1 Å². The van der Waals surface area contributed by atoms with Crippen molar-refractivity contribution < 1.29 is 4.42 Å². The van der Waals surface area contributed by atoms with Gasteiger partial charge in [-0.05, 0) is 47.0 Å². The molecule has 7 aromatic carbocycles. The Morgan fingerprint density at radius 1 is 0.457 bits per heavy atom. The maximum atomic E-state index is 6.57. The van der Waals surface area contributed by atoms with Gasteiger partial charge in [-0.1, -0.05) is 121 Å². The van der Waals surface area contributed by atoms with Crippen LogP contribution in [0.3, 0.4) is 0 Å². The van der Waals surface area contributed by atoms with Crippen LogP contribution in [0.2, 0.25) is 0 Å². The number of rotatable bonds is 3. The first kappa shape index (κ1) is 25.5. The monoisotopic (exact) mass is 603 g/mol. The van der Waals surface area contributed by atoms with E-state index < -0.39 is 0 Å². The van der Waals surface area contributed by atoms with Crippen LogP contribution in [0.5, 0.6) is 0 Å². The van der Waals surface area contributed by atoms with Crippen molar-refractivity contribution in [3.05, 3.63) is 152 Å². The fourth-order valence-corrected chi connectivity index (χ4v) is 8.48. The molecule has 0 amide bonds. The summed E-state index contributed by atoms with van der Waals surface area (Å²) in [5, 5.41) is 8.30. The molecule has 0 N–H and O–H groups in total. The van der Waals surface area contributed by atoms with E-state index in [0.29, 0.717) is 0 Å². The molecule has 0 aliphatic carbocycles. The molecule has 0 spiro atoms. The Morgan fingerprint density at radius 2 is 1.15 bits per heavy atom. The highest BCUT2D eigenvalue weighted by molar-refractivity contribution is 7.26. The van der Waals surface area contributed by atoms with E-state index in [2.05, 4.69) is 146 Å². The highest BCUT2D eigenvalue weighted by atomic mass is 32.1. The van der Waals surface area contributed by atoms with Gasteiger partial charge in [-0.3, -0.25) is 0 Å². The standard InChI is InChI=1S/C43H25NOS/c1-2-12-26(13-3-1)39-40-32-17-4-7-21-35(32)44-42(34(40)25-37-41(39)33-18-5-8-22-36(33)45-37)28-15-10-14-27(24-28)29-19-11-20-31-30-16-6-9-23-38(30)46-43(29)31/h1-25H. The number of fused-ring (bicyclic) bond motifs is 9. The number of thiophene rings is 1. The van der Waals surface area contributed by atoms with Gasteiger partial charge in [0.15, 0.2) is 0 Å². The van der Waals surface area contributed by atoms with Crippen molar-refractivity contribution in [3.63, 3.8) is 0 Å². The molecule has 0 saturated carbocycles. The number of hydrogen-bond donors (Lipinski definition) is 0. The number of furan rings is 1. The Hall–Kier alpha value is -5.77. The lowest BCUT2D eigenvalue weighted by Crippen LogP contribution is -1.93. The molecule has 2 nitrogen and oxygen atoms in total. The second kappa shape index (κ2) is 9.87. The topological polar surface area (TPSA) is 26.0 Å². The maximum absolute atomic E-state index is 6.57. The van der Waals surface area contributed by atoms with Crippen LogP contribution in [0.15, 0.2) is 156 Å². The molecule has 46 heavy (non-hydrogen) atoms. The van der Waals surface area contributed by atoms with Gasteiger partial charge in [-0.15, -0.1) is 11.3 Å². The average Bonchev–Trinajstić information content (AvgIpc) is 3.69. The van der Waals surface area contributed by atoms with Crippen LogP contribution in [-0.2, 0) is 0 Å². The van der Waals surface area contributed by atoms with E-state index >= 15 is 0 Å². The summed E-state index contributed by atoms with van der Waals surface area (Å²) in [7, 11) is 0. The maximum Gasteiger partial charge on any atom is 0.136 e. The van der Waals surface area contributed by atoms with E-state index in [-0.39, 0.29) is 0 Å². The van der Waals surface area contributed by atoms with Crippen LogP contribution in [0.25, 0.3) is 97.3 Å². The first-order valence-electron chi connectivity index (χ1n) is 15.5. The minimum absolute atomic E-state index is 0.872. The summed E-state index contributed by atoms with van der Waals surface area (Å²) in [4.78, 5) is 5.36. The second-order valence-electron chi connectivity index (χ2n) is 11.9. The van der Waals surface area contributed by atoms with Gasteiger partial charge in [-0.25, -0.2) is 4.98 Å². The molecule has 0 aliphatic rings. The van der Waals surface area contributed by atoms with Crippen molar-refractivity contribution in [1.29, 1.82) is 0 Å². The molecule has 0 radical (unpaired) electrons. The fourth-order valence-electron chi connectivity index (χ4n) is 7.24. The molecule has 3 heterocycles. The van der Waals surface area contributed by atoms with Crippen LogP contribution >= 0.6 is 11.3 Å². The molecular formula is C43H25NOS. The molecule has 0 saturated heterocycles. The Morgan fingerprint density at radius 3 is 2.07 bits per heavy atom. The summed E-state index contributed by atoms with van der Waals surface area (Å²) in [6, 6.07) is 54.1. The lowest BCUT2D eigenvalue weighted by molar-refractivity contribution is 0.669. The number of para-hydroxylation sites is 2. The predicted octanol–water partition coefficient (Wildman–Crippen LogP) is 12.7. The lowest BCUT2D eigenvalue weighted by Gasteiger charge is -2.16. The molecule has 0 unspecified atom stereocenters. The van der Waals surface area contributed by atoms with Crippen LogP contribution < -0.4 is 0 Å². The summed E-state index contributed by atoms with van der Waals surface area (Å²) in [5.41, 5.74) is 9.56. The zero-order valence-corrected chi connectivity index (χ0v) is 25.5. The summed E-state index contributed by atoms with van der Waals surface area (Å²) in [6.45, 7) is 0. The molecular weight excluding hydrogens is 579 g/mol. The Balaban J connectivity index is 1.31. The van der Waals surface area contributed by atoms with E-state index in [1.807, 2.05) is 17.4 Å². The van der Waals surface area contributed by atoms with Gasteiger partial charge < -0.3 is 4.42 Å². The SMILES string of the molecule is c1ccc(-c2c3c(cc4c(-c5cccc(-c6cccc7c6sc6ccccc67)c5)nc5ccccc5c24)oc2ccccc23)cc1. The van der Waals surface area contributed by atoms with Crippen molar-refractivity contribution in [2.45, 2.75) is 0 Å². The average molecular weight is 604 g/mol. The zero-order chi connectivity index (χ0) is 30.2. The first-order chi connectivity index (χ1) is 22.8. The van der Waals surface area contributed by atoms with Crippen molar-refractivity contribution in [1.82, 2.24) is 4.98 Å². The number of pyridine rings is 1. The third-order valence-corrected chi connectivity index (χ3v) is 10.5. The molecule has 3 heteroatoms. The minimum atomic E-state index is 0.872. The number of benzene rings is 7. The van der Waals surface area contributed by atoms with E-state index in [9.17, 15) is 0 Å². The van der Waals surface area contributed by atoms with E-state index in [0.717, 1.165) is 55.0 Å². The Kier molecular flexibility index (Phi) is 5.48. The zero-order valence-electron chi connectivity index (χ0n) is 24.7. The molecule has 10 rings (SSSR count). The highest BCUT2D eigenvalue weighted by Crippen LogP contribution is 2.47. The third-order valence-electron chi connectivity index (χ3n) is 9.24. The van der Waals surface area contributed by atoms with Crippen molar-refractivity contribution in [3.8, 4) is 33.5 Å². The molecule has 0 fully saturated rings. The van der Waals surface area contributed by atoms with Crippen LogP contribution in [0.1, 0.15) is 0 Å². The summed E-state index contributed by atoms with van der Waals surface area (Å²) < 4.78 is 9.19. The molecule has 0 atom stereocenters. The summed E-state index contributed by atoms with van der Waals surface area (Å²) in [6.07, 6.45) is 0. The smallest absolute Gasteiger partial charge is 0.136 e. The molecule has 3 aromatic heterocycles. The van der Waals surface area contributed by atoms with Crippen molar-refractivity contribution in [2.24, 2.45) is 0 Å². The summed E-state index contributed by atoms with van der Waals surface area (Å²) >= 11 is 1.86. The normalized spacial score (nSPS) is 11.9. The Labute approximate surface area is 268 Å². The third kappa shape index (κ3) is 3.73. The van der Waals surface area contributed by atoms with Crippen LogP contribution in [-0.4, -0.2) is 4.98 Å². The van der Waals surface area contributed by atoms with Gasteiger partial charge in [0.05, 0.1) is 11.2 Å².